The molecule has 8 heteroatoms. The van der Waals surface area contributed by atoms with Crippen molar-refractivity contribution in [2.24, 2.45) is 0 Å². The van der Waals surface area contributed by atoms with Crippen LogP contribution >= 0.6 is 0 Å². The second-order valence-corrected chi connectivity index (χ2v) is 24.8. The highest BCUT2D eigenvalue weighted by atomic mass is 14.9. The summed E-state index contributed by atoms with van der Waals surface area (Å²) in [5.41, 5.74) is 22.4. The molecule has 0 aliphatic carbocycles. The van der Waals surface area contributed by atoms with Crippen LogP contribution in [-0.2, 0) is 0 Å². The maximum absolute atomic E-state index is 4.71. The molecule has 0 amide bonds. The van der Waals surface area contributed by atoms with Gasteiger partial charge in [-0.15, -0.1) is 0 Å². The number of benzene rings is 12. The van der Waals surface area contributed by atoms with Gasteiger partial charge in [0.05, 0.1) is 39.1 Å². The fourth-order valence-electron chi connectivity index (χ4n) is 12.7. The van der Waals surface area contributed by atoms with E-state index in [2.05, 4.69) is 238 Å². The monoisotopic (exact) mass is 1320 g/mol. The fraction of sp³-hybridized carbons (Fsp3) is 0.0638. The topological polar surface area (TPSA) is 103 Å². The number of fused-ring (bicyclic) bond motifs is 6. The molecule has 0 aliphatic rings. The van der Waals surface area contributed by atoms with Crippen LogP contribution in [0.2, 0.25) is 0 Å². The molecule has 0 spiro atoms. The van der Waals surface area contributed by atoms with E-state index in [1.165, 1.54) is 76.8 Å². The third kappa shape index (κ3) is 16.2. The molecule has 18 rings (SSSR count). The number of rotatable bonds is 6. The van der Waals surface area contributed by atoms with Crippen molar-refractivity contribution in [3.05, 3.63) is 386 Å². The SMILES string of the molecule is Cc1c(-c2ccccc2)ncc2ccccc12.Cc1cc(-c2ccccc2)c2ccccc2n1.Cc1cc(-c2ccccc2)nc2ccccc12.Cc1nc(-c2ccccc2)c2ccccc2n1.Cc1nc(-c2ccccc2)nc2ccccc12.Cc1ncc2ccccc2c1-c1ccccc1. The number of para-hydroxylation sites is 4. The van der Waals surface area contributed by atoms with E-state index in [-0.39, 0.29) is 0 Å². The van der Waals surface area contributed by atoms with Gasteiger partial charge in [-0.3, -0.25) is 15.0 Å². The predicted molar refractivity (Wildman–Crippen MR) is 427 cm³/mol. The Morgan fingerprint density at radius 3 is 1.25 bits per heavy atom. The van der Waals surface area contributed by atoms with E-state index in [0.717, 1.165) is 89.8 Å². The summed E-state index contributed by atoms with van der Waals surface area (Å²) in [6.07, 6.45) is 3.89. The van der Waals surface area contributed by atoms with Crippen LogP contribution < -0.4 is 0 Å². The Labute approximate surface area is 596 Å². The van der Waals surface area contributed by atoms with Gasteiger partial charge < -0.3 is 0 Å². The average molecular weight is 1320 g/mol. The molecule has 18 aromatic rings. The van der Waals surface area contributed by atoms with Gasteiger partial charge in [-0.05, 0) is 117 Å². The highest BCUT2D eigenvalue weighted by molar-refractivity contribution is 5.98. The lowest BCUT2D eigenvalue weighted by atomic mass is 9.98. The third-order valence-corrected chi connectivity index (χ3v) is 17.7. The fourth-order valence-corrected chi connectivity index (χ4v) is 12.7. The largest absolute Gasteiger partial charge is 0.260 e. The quantitative estimate of drug-likeness (QED) is 0.162. The molecule has 0 fully saturated rings. The zero-order valence-electron chi connectivity index (χ0n) is 58.1. The minimum atomic E-state index is 0.793. The summed E-state index contributed by atoms with van der Waals surface area (Å²) >= 11 is 0. The number of pyridine rings is 4. The molecule has 8 nitrogen and oxygen atoms in total. The standard InChI is InChI=1S/4C16H13N.2C15H12N2/c1-12-16(13-7-3-2-4-8-13)15-10-6-5-9-14(15)11-17-12;1-12-15-10-6-5-9-14(15)11-17-16(12)13-7-3-2-4-8-13;1-12-11-15(13-7-3-2-4-8-13)14-9-5-6-10-16(14)17-12;1-12-11-16(13-7-3-2-4-8-13)17-15-10-6-5-9-14(12)15;1-11-16-14-10-6-5-9-13(14)15(17-11)12-7-3-2-4-8-12;1-11-13-9-5-6-10-14(13)17-15(16-11)12-7-3-2-4-8-12/h4*2-11H,1H3;2*2-10H,1H3. The molecule has 0 bridgehead atoms. The zero-order valence-corrected chi connectivity index (χ0v) is 58.1. The van der Waals surface area contributed by atoms with Crippen LogP contribution in [0.25, 0.3) is 133 Å². The Bertz CT molecular complexity index is 5570. The summed E-state index contributed by atoms with van der Waals surface area (Å²) in [6, 6.07) is 116. The first-order chi connectivity index (χ1) is 50.1. The van der Waals surface area contributed by atoms with Crippen LogP contribution in [0.15, 0.2) is 352 Å². The number of aryl methyl sites for hydroxylation is 6. The molecule has 0 radical (unpaired) electrons. The molecule has 0 saturated heterocycles. The zero-order chi connectivity index (χ0) is 70.0. The van der Waals surface area contributed by atoms with Crippen molar-refractivity contribution < 1.29 is 0 Å². The van der Waals surface area contributed by atoms with Gasteiger partial charge in [-0.2, -0.15) is 0 Å². The van der Waals surface area contributed by atoms with Crippen molar-refractivity contribution in [3.8, 4) is 67.4 Å². The van der Waals surface area contributed by atoms with E-state index in [9.17, 15) is 0 Å². The van der Waals surface area contributed by atoms with E-state index >= 15 is 0 Å². The first-order valence-electron chi connectivity index (χ1n) is 34.3. The van der Waals surface area contributed by atoms with Crippen LogP contribution in [0.4, 0.5) is 0 Å². The van der Waals surface area contributed by atoms with Crippen LogP contribution in [0.3, 0.4) is 0 Å². The van der Waals surface area contributed by atoms with E-state index < -0.39 is 0 Å². The maximum atomic E-state index is 4.71. The molecule has 0 saturated carbocycles. The van der Waals surface area contributed by atoms with Crippen molar-refractivity contribution in [2.75, 3.05) is 0 Å². The summed E-state index contributed by atoms with van der Waals surface area (Å²) < 4.78 is 0. The number of hydrogen-bond acceptors (Lipinski definition) is 8. The first kappa shape index (κ1) is 67.5. The molecule has 6 aromatic heterocycles. The Kier molecular flexibility index (Phi) is 21.5. The Morgan fingerprint density at radius 1 is 0.245 bits per heavy atom. The van der Waals surface area contributed by atoms with Crippen LogP contribution in [0, 0.1) is 41.5 Å². The normalized spacial score (nSPS) is 10.6. The Morgan fingerprint density at radius 2 is 0.657 bits per heavy atom. The Hall–Kier alpha value is -13.0. The van der Waals surface area contributed by atoms with Gasteiger partial charge in [0.2, 0.25) is 0 Å². The van der Waals surface area contributed by atoms with Crippen LogP contribution in [0.5, 0.6) is 0 Å². The van der Waals surface area contributed by atoms with Gasteiger partial charge >= 0.3 is 0 Å². The molecule has 102 heavy (non-hydrogen) atoms. The lowest BCUT2D eigenvalue weighted by Crippen LogP contribution is -1.93. The summed E-state index contributed by atoms with van der Waals surface area (Å²) in [4.78, 5) is 36.5. The van der Waals surface area contributed by atoms with Gasteiger partial charge in [0.1, 0.15) is 5.82 Å². The number of hydrogen-bond donors (Lipinski definition) is 0. The lowest BCUT2D eigenvalue weighted by molar-refractivity contribution is 1.10. The van der Waals surface area contributed by atoms with Crippen molar-refractivity contribution in [2.45, 2.75) is 41.5 Å². The summed E-state index contributed by atoms with van der Waals surface area (Å²) in [6.45, 7) is 12.3. The highest BCUT2D eigenvalue weighted by Gasteiger charge is 2.12. The van der Waals surface area contributed by atoms with Crippen molar-refractivity contribution in [1.82, 2.24) is 39.9 Å². The molecule has 0 unspecified atom stereocenters. The second-order valence-electron chi connectivity index (χ2n) is 24.8. The molecule has 12 aromatic carbocycles. The molecule has 0 N–H and O–H groups in total. The molecule has 0 atom stereocenters. The summed E-state index contributed by atoms with van der Waals surface area (Å²) in [5, 5.41) is 9.60. The molecular weight excluding hydrogens is 1240 g/mol. The lowest BCUT2D eigenvalue weighted by Gasteiger charge is -2.09. The first-order valence-corrected chi connectivity index (χ1v) is 34.3. The van der Waals surface area contributed by atoms with Crippen molar-refractivity contribution in [3.63, 3.8) is 0 Å². The van der Waals surface area contributed by atoms with Crippen LogP contribution in [-0.4, -0.2) is 39.9 Å². The van der Waals surface area contributed by atoms with Gasteiger partial charge in [0.15, 0.2) is 5.82 Å². The highest BCUT2D eigenvalue weighted by Crippen LogP contribution is 2.33. The van der Waals surface area contributed by atoms with Crippen molar-refractivity contribution >= 4 is 65.2 Å². The van der Waals surface area contributed by atoms with Crippen LogP contribution in [0.1, 0.15) is 34.0 Å². The van der Waals surface area contributed by atoms with Gasteiger partial charge in [-0.1, -0.05) is 303 Å². The number of nitrogens with zero attached hydrogens (tertiary/aromatic N) is 8. The predicted octanol–water partition coefficient (Wildman–Crippen LogP) is 24.1. The van der Waals surface area contributed by atoms with Crippen molar-refractivity contribution in [1.29, 1.82) is 0 Å². The molecule has 6 heterocycles. The smallest absolute Gasteiger partial charge is 0.160 e. The molecule has 0 aliphatic heterocycles. The van der Waals surface area contributed by atoms with E-state index in [4.69, 9.17) is 4.98 Å². The summed E-state index contributed by atoms with van der Waals surface area (Å²) in [7, 11) is 0. The maximum Gasteiger partial charge on any atom is 0.160 e. The average Bonchev–Trinajstić information content (AvgIpc) is 0.802. The van der Waals surface area contributed by atoms with E-state index in [1.807, 2.05) is 191 Å². The van der Waals surface area contributed by atoms with Gasteiger partial charge in [-0.25, -0.2) is 24.9 Å². The summed E-state index contributed by atoms with van der Waals surface area (Å²) in [5.74, 6) is 1.60. The minimum Gasteiger partial charge on any atom is -0.260 e. The van der Waals surface area contributed by atoms with Gasteiger partial charge in [0, 0.05) is 89.6 Å². The second kappa shape index (κ2) is 32.5. The number of aromatic nitrogens is 8. The van der Waals surface area contributed by atoms with E-state index in [0.29, 0.717) is 0 Å². The Balaban J connectivity index is 0.000000109. The molecule has 492 valence electrons. The minimum absolute atomic E-state index is 0.793. The van der Waals surface area contributed by atoms with E-state index in [1.54, 1.807) is 0 Å². The molecular formula is C94H76N8. The third-order valence-electron chi connectivity index (χ3n) is 17.7. The van der Waals surface area contributed by atoms with Gasteiger partial charge in [0.25, 0.3) is 0 Å².